The lowest BCUT2D eigenvalue weighted by Crippen LogP contribution is -2.31. The number of hydrogen-bond acceptors (Lipinski definition) is 2. The average molecular weight is 326 g/mol. The van der Waals surface area contributed by atoms with Crippen molar-refractivity contribution < 1.29 is 5.11 Å². The average Bonchev–Trinajstić information content (AvgIpc) is 2.66. The van der Waals surface area contributed by atoms with E-state index in [1.807, 2.05) is 12.1 Å². The van der Waals surface area contributed by atoms with Crippen molar-refractivity contribution in [2.45, 2.75) is 57.6 Å². The first-order chi connectivity index (χ1) is 9.09. The molecule has 0 radical (unpaired) electrons. The highest BCUT2D eigenvalue weighted by Gasteiger charge is 2.19. The van der Waals surface area contributed by atoms with Gasteiger partial charge in [-0.1, -0.05) is 31.7 Å². The maximum atomic E-state index is 9.63. The van der Waals surface area contributed by atoms with Crippen LogP contribution in [-0.4, -0.2) is 18.2 Å². The SMILES string of the molecule is C[C@@H](O)c1ccc(N(C)C2CCCCCC2)c(Br)c1. The number of rotatable bonds is 3. The van der Waals surface area contributed by atoms with Crippen LogP contribution in [-0.2, 0) is 0 Å². The van der Waals surface area contributed by atoms with Gasteiger partial charge in [-0.05, 0) is 53.4 Å². The van der Waals surface area contributed by atoms with Crippen molar-refractivity contribution >= 4 is 21.6 Å². The molecule has 1 fully saturated rings. The molecule has 1 N–H and O–H groups in total. The molecule has 0 heterocycles. The summed E-state index contributed by atoms with van der Waals surface area (Å²) in [5, 5.41) is 9.63. The van der Waals surface area contributed by atoms with Gasteiger partial charge in [-0.15, -0.1) is 0 Å². The number of hydrogen-bond donors (Lipinski definition) is 1. The lowest BCUT2D eigenvalue weighted by molar-refractivity contribution is 0.199. The summed E-state index contributed by atoms with van der Waals surface area (Å²) in [6.45, 7) is 1.80. The van der Waals surface area contributed by atoms with Gasteiger partial charge in [0.1, 0.15) is 0 Å². The zero-order valence-electron chi connectivity index (χ0n) is 11.9. The molecule has 0 bridgehead atoms. The number of halogens is 1. The van der Waals surface area contributed by atoms with E-state index in [-0.39, 0.29) is 0 Å². The minimum atomic E-state index is -0.409. The molecule has 19 heavy (non-hydrogen) atoms. The van der Waals surface area contributed by atoms with Gasteiger partial charge in [0, 0.05) is 17.6 Å². The predicted octanol–water partition coefficient (Wildman–Crippen LogP) is 4.66. The predicted molar refractivity (Wildman–Crippen MR) is 84.7 cm³/mol. The van der Waals surface area contributed by atoms with Crippen molar-refractivity contribution in [3.05, 3.63) is 28.2 Å². The Morgan fingerprint density at radius 3 is 2.37 bits per heavy atom. The monoisotopic (exact) mass is 325 g/mol. The molecule has 0 amide bonds. The smallest absolute Gasteiger partial charge is 0.0762 e. The maximum Gasteiger partial charge on any atom is 0.0762 e. The van der Waals surface area contributed by atoms with Crippen LogP contribution in [0.1, 0.15) is 57.1 Å². The first-order valence-electron chi connectivity index (χ1n) is 7.30. The first kappa shape index (κ1) is 14.9. The minimum Gasteiger partial charge on any atom is -0.389 e. The number of benzene rings is 1. The molecule has 1 aromatic rings. The number of aliphatic hydroxyl groups is 1. The quantitative estimate of drug-likeness (QED) is 0.817. The highest BCUT2D eigenvalue weighted by molar-refractivity contribution is 9.10. The zero-order valence-corrected chi connectivity index (χ0v) is 13.5. The summed E-state index contributed by atoms with van der Waals surface area (Å²) in [5.74, 6) is 0. The van der Waals surface area contributed by atoms with E-state index in [9.17, 15) is 5.11 Å². The topological polar surface area (TPSA) is 23.5 Å². The van der Waals surface area contributed by atoms with Gasteiger partial charge in [-0.3, -0.25) is 0 Å². The Morgan fingerprint density at radius 2 is 1.84 bits per heavy atom. The van der Waals surface area contributed by atoms with E-state index in [2.05, 4.69) is 33.9 Å². The summed E-state index contributed by atoms with van der Waals surface area (Å²) in [7, 11) is 2.19. The van der Waals surface area contributed by atoms with Gasteiger partial charge in [-0.25, -0.2) is 0 Å². The fourth-order valence-electron chi connectivity index (χ4n) is 2.91. The molecule has 2 nitrogen and oxygen atoms in total. The third-order valence-electron chi connectivity index (χ3n) is 4.21. The largest absolute Gasteiger partial charge is 0.389 e. The molecule has 0 unspecified atom stereocenters. The van der Waals surface area contributed by atoms with Crippen LogP contribution in [0.2, 0.25) is 0 Å². The molecule has 1 aliphatic carbocycles. The molecule has 1 saturated carbocycles. The van der Waals surface area contributed by atoms with Crippen molar-refractivity contribution in [2.75, 3.05) is 11.9 Å². The van der Waals surface area contributed by atoms with Crippen LogP contribution < -0.4 is 4.90 Å². The maximum absolute atomic E-state index is 9.63. The van der Waals surface area contributed by atoms with Crippen LogP contribution in [0.3, 0.4) is 0 Å². The first-order valence-corrected chi connectivity index (χ1v) is 8.09. The van der Waals surface area contributed by atoms with Crippen molar-refractivity contribution in [2.24, 2.45) is 0 Å². The molecule has 0 spiro atoms. The van der Waals surface area contributed by atoms with Crippen LogP contribution in [0.15, 0.2) is 22.7 Å². The normalized spacial score (nSPS) is 18.9. The van der Waals surface area contributed by atoms with Crippen molar-refractivity contribution in [3.63, 3.8) is 0 Å². The lowest BCUT2D eigenvalue weighted by atomic mass is 10.1. The van der Waals surface area contributed by atoms with Gasteiger partial charge in [0.2, 0.25) is 0 Å². The Hall–Kier alpha value is -0.540. The molecule has 2 rings (SSSR count). The molecule has 0 aliphatic heterocycles. The summed E-state index contributed by atoms with van der Waals surface area (Å²) < 4.78 is 1.08. The number of nitrogens with zero attached hydrogens (tertiary/aromatic N) is 1. The van der Waals surface area contributed by atoms with Crippen LogP contribution in [0.25, 0.3) is 0 Å². The van der Waals surface area contributed by atoms with E-state index in [1.165, 1.54) is 44.2 Å². The summed E-state index contributed by atoms with van der Waals surface area (Å²) in [6.07, 6.45) is 7.63. The molecule has 1 aliphatic rings. The Kier molecular flexibility index (Phi) is 5.28. The molecule has 106 valence electrons. The summed E-state index contributed by atoms with van der Waals surface area (Å²) in [6, 6.07) is 6.83. The summed E-state index contributed by atoms with van der Waals surface area (Å²) in [4.78, 5) is 2.40. The van der Waals surface area contributed by atoms with Gasteiger partial charge in [0.05, 0.1) is 11.8 Å². The van der Waals surface area contributed by atoms with Gasteiger partial charge in [0.15, 0.2) is 0 Å². The fraction of sp³-hybridized carbons (Fsp3) is 0.625. The lowest BCUT2D eigenvalue weighted by Gasteiger charge is -2.30. The third kappa shape index (κ3) is 3.73. The number of aliphatic hydroxyl groups excluding tert-OH is 1. The highest BCUT2D eigenvalue weighted by Crippen LogP contribution is 2.32. The van der Waals surface area contributed by atoms with Gasteiger partial charge in [-0.2, -0.15) is 0 Å². The summed E-state index contributed by atoms with van der Waals surface area (Å²) in [5.41, 5.74) is 2.20. The van der Waals surface area contributed by atoms with Gasteiger partial charge in [0.25, 0.3) is 0 Å². The van der Waals surface area contributed by atoms with Gasteiger partial charge >= 0.3 is 0 Å². The van der Waals surface area contributed by atoms with Crippen molar-refractivity contribution in [1.29, 1.82) is 0 Å². The highest BCUT2D eigenvalue weighted by atomic mass is 79.9. The third-order valence-corrected chi connectivity index (χ3v) is 4.84. The van der Waals surface area contributed by atoms with E-state index < -0.39 is 6.10 Å². The molecule has 0 saturated heterocycles. The summed E-state index contributed by atoms with van der Waals surface area (Å²) >= 11 is 3.65. The van der Waals surface area contributed by atoms with E-state index in [1.54, 1.807) is 6.92 Å². The molecule has 3 heteroatoms. The van der Waals surface area contributed by atoms with Crippen LogP contribution in [0.4, 0.5) is 5.69 Å². The Balaban J connectivity index is 2.15. The van der Waals surface area contributed by atoms with E-state index in [4.69, 9.17) is 0 Å². The standard InChI is InChI=1S/C16H24BrNO/c1-12(19)13-9-10-16(15(17)11-13)18(2)14-7-5-3-4-6-8-14/h9-12,14,19H,3-8H2,1-2H3/t12-/m1/s1. The Labute approximate surface area is 124 Å². The van der Waals surface area contributed by atoms with Gasteiger partial charge < -0.3 is 10.0 Å². The minimum absolute atomic E-state index is 0.409. The van der Waals surface area contributed by atoms with E-state index in [0.29, 0.717) is 6.04 Å². The van der Waals surface area contributed by atoms with E-state index in [0.717, 1.165) is 10.0 Å². The number of anilines is 1. The second-order valence-corrected chi connectivity index (χ2v) is 6.50. The van der Waals surface area contributed by atoms with E-state index >= 15 is 0 Å². The van der Waals surface area contributed by atoms with Crippen molar-refractivity contribution in [1.82, 2.24) is 0 Å². The van der Waals surface area contributed by atoms with Crippen LogP contribution >= 0.6 is 15.9 Å². The molecular weight excluding hydrogens is 302 g/mol. The molecule has 0 aromatic heterocycles. The molecular formula is C16H24BrNO. The second kappa shape index (κ2) is 6.76. The Morgan fingerprint density at radius 1 is 1.21 bits per heavy atom. The molecule has 1 aromatic carbocycles. The fourth-order valence-corrected chi connectivity index (χ4v) is 3.59. The van der Waals surface area contributed by atoms with Crippen LogP contribution in [0.5, 0.6) is 0 Å². The van der Waals surface area contributed by atoms with Crippen molar-refractivity contribution in [3.8, 4) is 0 Å². The molecule has 1 atom stereocenters. The Bertz CT molecular complexity index is 411. The zero-order chi connectivity index (χ0) is 13.8. The second-order valence-electron chi connectivity index (χ2n) is 5.64. The van der Waals surface area contributed by atoms with Crippen LogP contribution in [0, 0.1) is 0 Å².